The predicted octanol–water partition coefficient (Wildman–Crippen LogP) is 3.65. The maximum Gasteiger partial charge on any atom is 0.298 e. The molecule has 0 radical (unpaired) electrons. The van der Waals surface area contributed by atoms with E-state index < -0.39 is 15.7 Å². The molecule has 0 amide bonds. The standard InChI is InChI=1S/C19H12BBr3O5S/c20-12-5-9(6-13(21)17(12)24)19(10-7-14(22)18(25)15(23)8-10)11-3-1-2-4-16(11)29(26,27)28-19/h1-8,24-25H,20H2. The summed E-state index contributed by atoms with van der Waals surface area (Å²) in [6.07, 6.45) is 0. The van der Waals surface area contributed by atoms with Gasteiger partial charge in [0.25, 0.3) is 10.1 Å². The zero-order chi connectivity index (χ0) is 21.1. The van der Waals surface area contributed by atoms with E-state index in [-0.39, 0.29) is 16.4 Å². The van der Waals surface area contributed by atoms with E-state index in [9.17, 15) is 18.6 Å². The molecule has 0 spiro atoms. The quantitative estimate of drug-likeness (QED) is 0.346. The van der Waals surface area contributed by atoms with Gasteiger partial charge in [-0.05, 0) is 88.6 Å². The molecule has 5 nitrogen and oxygen atoms in total. The normalized spacial score (nSPS) is 19.8. The number of phenols is 2. The van der Waals surface area contributed by atoms with Gasteiger partial charge in [0.15, 0.2) is 5.60 Å². The van der Waals surface area contributed by atoms with E-state index in [0.717, 1.165) is 0 Å². The van der Waals surface area contributed by atoms with Gasteiger partial charge in [0.2, 0.25) is 0 Å². The van der Waals surface area contributed by atoms with Gasteiger partial charge in [-0.15, -0.1) is 0 Å². The van der Waals surface area contributed by atoms with E-state index in [1.54, 1.807) is 50.3 Å². The van der Waals surface area contributed by atoms with E-state index in [1.165, 1.54) is 6.07 Å². The molecule has 0 fully saturated rings. The minimum Gasteiger partial charge on any atom is -0.507 e. The van der Waals surface area contributed by atoms with Gasteiger partial charge in [0.05, 0.1) is 13.4 Å². The van der Waals surface area contributed by atoms with Crippen molar-refractivity contribution in [3.05, 3.63) is 78.6 Å². The number of rotatable bonds is 2. The van der Waals surface area contributed by atoms with Gasteiger partial charge in [0, 0.05) is 5.56 Å². The lowest BCUT2D eigenvalue weighted by atomic mass is 9.78. The third-order valence-electron chi connectivity index (χ3n) is 4.85. The van der Waals surface area contributed by atoms with E-state index in [0.29, 0.717) is 35.6 Å². The number of aromatic hydroxyl groups is 2. The molecule has 4 rings (SSSR count). The molecule has 0 aliphatic carbocycles. The maximum absolute atomic E-state index is 12.9. The Morgan fingerprint density at radius 2 is 1.38 bits per heavy atom. The Hall–Kier alpha value is -1.33. The first-order valence-corrected chi connectivity index (χ1v) is 12.1. The highest BCUT2D eigenvalue weighted by atomic mass is 79.9. The summed E-state index contributed by atoms with van der Waals surface area (Å²) >= 11 is 9.97. The molecule has 29 heavy (non-hydrogen) atoms. The SMILES string of the molecule is Bc1cc(C2(c3cc(Br)c(O)c(Br)c3)OS(=O)(=O)c3ccccc32)cc(Br)c1O. The summed E-state index contributed by atoms with van der Waals surface area (Å²) in [6, 6.07) is 13.1. The molecule has 0 aromatic heterocycles. The van der Waals surface area contributed by atoms with Crippen LogP contribution in [-0.4, -0.2) is 26.5 Å². The first-order valence-electron chi connectivity index (χ1n) is 8.31. The highest BCUT2D eigenvalue weighted by molar-refractivity contribution is 9.11. The molecule has 0 saturated heterocycles. The van der Waals surface area contributed by atoms with Crippen LogP contribution in [0.1, 0.15) is 16.7 Å². The van der Waals surface area contributed by atoms with Crippen molar-refractivity contribution in [3.8, 4) is 11.5 Å². The van der Waals surface area contributed by atoms with Crippen molar-refractivity contribution in [3.63, 3.8) is 0 Å². The summed E-state index contributed by atoms with van der Waals surface area (Å²) in [5.41, 5.74) is 0.490. The summed E-state index contributed by atoms with van der Waals surface area (Å²) in [6.45, 7) is 0. The highest BCUT2D eigenvalue weighted by Gasteiger charge is 2.51. The fourth-order valence-electron chi connectivity index (χ4n) is 3.51. The first-order chi connectivity index (χ1) is 13.6. The molecular weight excluding hydrogens is 591 g/mol. The van der Waals surface area contributed by atoms with Crippen molar-refractivity contribution in [1.82, 2.24) is 0 Å². The average Bonchev–Trinajstić information content (AvgIpc) is 2.92. The largest absolute Gasteiger partial charge is 0.507 e. The molecule has 1 unspecified atom stereocenters. The molecule has 3 aromatic rings. The lowest BCUT2D eigenvalue weighted by Crippen LogP contribution is -2.31. The molecule has 3 aromatic carbocycles. The highest BCUT2D eigenvalue weighted by Crippen LogP contribution is 2.52. The lowest BCUT2D eigenvalue weighted by Gasteiger charge is -2.30. The van der Waals surface area contributed by atoms with E-state index in [2.05, 4.69) is 47.8 Å². The van der Waals surface area contributed by atoms with Crippen LogP contribution < -0.4 is 5.46 Å². The second kappa shape index (κ2) is 7.13. The minimum atomic E-state index is -4.05. The molecule has 1 atom stereocenters. The van der Waals surface area contributed by atoms with Crippen molar-refractivity contribution >= 4 is 71.2 Å². The van der Waals surface area contributed by atoms with Crippen LogP contribution in [0.3, 0.4) is 0 Å². The van der Waals surface area contributed by atoms with Crippen LogP contribution in [0.15, 0.2) is 66.8 Å². The Kier molecular flexibility index (Phi) is 5.14. The minimum absolute atomic E-state index is 0.0129. The number of halogens is 3. The lowest BCUT2D eigenvalue weighted by molar-refractivity contribution is 0.180. The maximum atomic E-state index is 12.9. The van der Waals surface area contributed by atoms with Crippen molar-refractivity contribution in [1.29, 1.82) is 0 Å². The molecular formula is C19H12BBr3O5S. The number of fused-ring (bicyclic) bond motifs is 1. The first kappa shape index (κ1) is 20.9. The smallest absolute Gasteiger partial charge is 0.298 e. The summed E-state index contributed by atoms with van der Waals surface area (Å²) in [5, 5.41) is 20.4. The monoisotopic (exact) mass is 600 g/mol. The molecule has 1 heterocycles. The van der Waals surface area contributed by atoms with Crippen LogP contribution in [-0.2, 0) is 19.9 Å². The number of phenolic OH excluding ortho intramolecular Hbond substituents is 2. The van der Waals surface area contributed by atoms with Crippen LogP contribution in [0.5, 0.6) is 11.5 Å². The predicted molar refractivity (Wildman–Crippen MR) is 122 cm³/mol. The van der Waals surface area contributed by atoms with Gasteiger partial charge in [-0.3, -0.25) is 0 Å². The third kappa shape index (κ3) is 3.16. The van der Waals surface area contributed by atoms with Crippen molar-refractivity contribution in [2.75, 3.05) is 0 Å². The molecule has 0 saturated carbocycles. The van der Waals surface area contributed by atoms with Crippen molar-refractivity contribution in [2.24, 2.45) is 0 Å². The van der Waals surface area contributed by atoms with Gasteiger partial charge in [-0.25, -0.2) is 4.18 Å². The van der Waals surface area contributed by atoms with Crippen LogP contribution in [0.4, 0.5) is 0 Å². The van der Waals surface area contributed by atoms with Crippen LogP contribution in [0.25, 0.3) is 0 Å². The number of benzene rings is 3. The van der Waals surface area contributed by atoms with Gasteiger partial charge in [-0.1, -0.05) is 24.3 Å². The van der Waals surface area contributed by atoms with Gasteiger partial charge < -0.3 is 10.2 Å². The van der Waals surface area contributed by atoms with Gasteiger partial charge in [0.1, 0.15) is 24.2 Å². The molecule has 148 valence electrons. The summed E-state index contributed by atoms with van der Waals surface area (Å²) in [7, 11) is -2.33. The zero-order valence-electron chi connectivity index (χ0n) is 14.8. The van der Waals surface area contributed by atoms with Gasteiger partial charge >= 0.3 is 0 Å². The molecule has 1 aliphatic heterocycles. The molecule has 0 bridgehead atoms. The van der Waals surface area contributed by atoms with E-state index >= 15 is 0 Å². The second-order valence-electron chi connectivity index (χ2n) is 6.63. The van der Waals surface area contributed by atoms with Crippen molar-refractivity contribution in [2.45, 2.75) is 10.5 Å². The van der Waals surface area contributed by atoms with E-state index in [4.69, 9.17) is 4.18 Å². The molecule has 2 N–H and O–H groups in total. The van der Waals surface area contributed by atoms with E-state index in [1.807, 2.05) is 0 Å². The fraction of sp³-hybridized carbons (Fsp3) is 0.0526. The topological polar surface area (TPSA) is 83.8 Å². The number of hydrogen-bond donors (Lipinski definition) is 2. The Labute approximate surface area is 193 Å². The van der Waals surface area contributed by atoms with Gasteiger partial charge in [-0.2, -0.15) is 8.42 Å². The Balaban J connectivity index is 2.16. The van der Waals surface area contributed by atoms with Crippen molar-refractivity contribution < 1.29 is 22.8 Å². The second-order valence-corrected chi connectivity index (χ2v) is 10.7. The molecule has 10 heteroatoms. The third-order valence-corrected chi connectivity index (χ3v) is 8.03. The Bertz CT molecular complexity index is 1170. The molecule has 1 aliphatic rings. The summed E-state index contributed by atoms with van der Waals surface area (Å²) in [5.74, 6) is 0.0483. The van der Waals surface area contributed by atoms with Crippen LogP contribution in [0, 0.1) is 0 Å². The average molecular weight is 603 g/mol. The summed E-state index contributed by atoms with van der Waals surface area (Å²) in [4.78, 5) is 0.0715. The van der Waals surface area contributed by atoms with Crippen LogP contribution >= 0.6 is 47.8 Å². The number of hydrogen-bond acceptors (Lipinski definition) is 5. The fourth-order valence-corrected chi connectivity index (χ4v) is 6.69. The Morgan fingerprint density at radius 1 is 0.862 bits per heavy atom. The summed E-state index contributed by atoms with van der Waals surface area (Å²) < 4.78 is 32.9. The zero-order valence-corrected chi connectivity index (χ0v) is 20.4. The van der Waals surface area contributed by atoms with Crippen LogP contribution in [0.2, 0.25) is 0 Å². The Morgan fingerprint density at radius 3 is 1.97 bits per heavy atom.